The Bertz CT molecular complexity index is 805. The number of carbonyl (C=O) groups excluding carboxylic acids is 2. The first-order chi connectivity index (χ1) is 12.0. The molecular formula is C19H19FN2O3. The summed E-state index contributed by atoms with van der Waals surface area (Å²) in [5.41, 5.74) is 1.60. The number of nitrogens with one attached hydrogen (secondary N) is 1. The molecule has 2 aromatic rings. The van der Waals surface area contributed by atoms with Gasteiger partial charge < -0.3 is 15.0 Å². The van der Waals surface area contributed by atoms with Crippen LogP contribution in [0.15, 0.2) is 42.5 Å². The van der Waals surface area contributed by atoms with E-state index in [1.807, 2.05) is 6.92 Å². The van der Waals surface area contributed by atoms with Crippen LogP contribution >= 0.6 is 0 Å². The number of benzene rings is 2. The maximum atomic E-state index is 13.0. The molecule has 1 atom stereocenters. The Labute approximate surface area is 145 Å². The fourth-order valence-electron chi connectivity index (χ4n) is 2.75. The van der Waals surface area contributed by atoms with Gasteiger partial charge in [0.2, 0.25) is 0 Å². The number of rotatable bonds is 4. The van der Waals surface area contributed by atoms with E-state index in [1.54, 1.807) is 30.0 Å². The molecule has 0 aromatic heterocycles. The molecule has 2 aromatic carbocycles. The highest BCUT2D eigenvalue weighted by Gasteiger charge is 2.31. The van der Waals surface area contributed by atoms with Gasteiger partial charge in [0.25, 0.3) is 11.8 Å². The Kier molecular flexibility index (Phi) is 4.70. The standard InChI is InChI=1S/C19H19FN2O3/c1-3-10-22-16-9-8-15(11-17(16)25-12(2)19(22)24)21-18(23)13-4-6-14(20)7-5-13/h4-9,11-12H,3,10H2,1-2H3,(H,21,23). The molecule has 1 aliphatic rings. The molecule has 3 rings (SSSR count). The lowest BCUT2D eigenvalue weighted by Gasteiger charge is -2.33. The first-order valence-electron chi connectivity index (χ1n) is 8.18. The van der Waals surface area contributed by atoms with Gasteiger partial charge in [-0.3, -0.25) is 9.59 Å². The van der Waals surface area contributed by atoms with Gasteiger partial charge in [0, 0.05) is 23.9 Å². The molecule has 1 aliphatic heterocycles. The molecule has 130 valence electrons. The van der Waals surface area contributed by atoms with Crippen LogP contribution in [0.2, 0.25) is 0 Å². The van der Waals surface area contributed by atoms with Gasteiger partial charge in [0.15, 0.2) is 6.10 Å². The lowest BCUT2D eigenvalue weighted by Crippen LogP contribution is -2.44. The minimum absolute atomic E-state index is 0.0718. The molecular weight excluding hydrogens is 323 g/mol. The van der Waals surface area contributed by atoms with Crippen LogP contribution in [0, 0.1) is 5.82 Å². The number of amides is 2. The van der Waals surface area contributed by atoms with E-state index in [0.717, 1.165) is 6.42 Å². The van der Waals surface area contributed by atoms with Gasteiger partial charge in [-0.1, -0.05) is 6.92 Å². The summed E-state index contributed by atoms with van der Waals surface area (Å²) in [6, 6.07) is 10.5. The predicted octanol–water partition coefficient (Wildman–Crippen LogP) is 3.60. The second-order valence-electron chi connectivity index (χ2n) is 5.89. The average molecular weight is 342 g/mol. The lowest BCUT2D eigenvalue weighted by molar-refractivity contribution is -0.125. The third-order valence-electron chi connectivity index (χ3n) is 3.98. The van der Waals surface area contributed by atoms with Crippen molar-refractivity contribution in [1.82, 2.24) is 0 Å². The molecule has 1 unspecified atom stereocenters. The van der Waals surface area contributed by atoms with Crippen LogP contribution in [0.4, 0.5) is 15.8 Å². The number of anilines is 2. The van der Waals surface area contributed by atoms with Crippen LogP contribution in [-0.2, 0) is 4.79 Å². The number of nitrogens with zero attached hydrogens (tertiary/aromatic N) is 1. The second-order valence-corrected chi connectivity index (χ2v) is 5.89. The van der Waals surface area contributed by atoms with Gasteiger partial charge in [-0.15, -0.1) is 0 Å². The SMILES string of the molecule is CCCN1C(=O)C(C)Oc2cc(NC(=O)c3ccc(F)cc3)ccc21. The molecule has 1 N–H and O–H groups in total. The van der Waals surface area contributed by atoms with Gasteiger partial charge in [0.1, 0.15) is 11.6 Å². The van der Waals surface area contributed by atoms with Crippen molar-refractivity contribution in [3.8, 4) is 5.75 Å². The molecule has 0 spiro atoms. The summed E-state index contributed by atoms with van der Waals surface area (Å²) in [6.07, 6.45) is 0.267. The Balaban J connectivity index is 1.83. The molecule has 0 radical (unpaired) electrons. The third-order valence-corrected chi connectivity index (χ3v) is 3.98. The normalized spacial score (nSPS) is 16.2. The Hall–Kier alpha value is -2.89. The van der Waals surface area contributed by atoms with Crippen molar-refractivity contribution >= 4 is 23.2 Å². The van der Waals surface area contributed by atoms with E-state index in [4.69, 9.17) is 4.74 Å². The summed E-state index contributed by atoms with van der Waals surface area (Å²) in [7, 11) is 0. The van der Waals surface area contributed by atoms with Crippen LogP contribution in [0.5, 0.6) is 5.75 Å². The number of hydrogen-bond donors (Lipinski definition) is 1. The van der Waals surface area contributed by atoms with E-state index in [-0.39, 0.29) is 11.8 Å². The Morgan fingerprint density at radius 1 is 1.24 bits per heavy atom. The molecule has 0 bridgehead atoms. The highest BCUT2D eigenvalue weighted by molar-refractivity contribution is 6.05. The average Bonchev–Trinajstić information content (AvgIpc) is 2.59. The first-order valence-corrected chi connectivity index (χ1v) is 8.18. The number of ether oxygens (including phenoxy) is 1. The lowest BCUT2D eigenvalue weighted by atomic mass is 10.1. The largest absolute Gasteiger partial charge is 0.479 e. The molecule has 0 fully saturated rings. The monoisotopic (exact) mass is 342 g/mol. The fourth-order valence-corrected chi connectivity index (χ4v) is 2.75. The van der Waals surface area contributed by atoms with E-state index < -0.39 is 11.9 Å². The number of fused-ring (bicyclic) bond motifs is 1. The van der Waals surface area contributed by atoms with Crippen molar-refractivity contribution in [2.45, 2.75) is 26.4 Å². The number of carbonyl (C=O) groups is 2. The molecule has 0 saturated carbocycles. The summed E-state index contributed by atoms with van der Waals surface area (Å²) in [5.74, 6) is -0.256. The van der Waals surface area contributed by atoms with Crippen molar-refractivity contribution in [3.05, 3.63) is 53.8 Å². The van der Waals surface area contributed by atoms with Crippen molar-refractivity contribution in [2.75, 3.05) is 16.8 Å². The fraction of sp³-hybridized carbons (Fsp3) is 0.263. The minimum Gasteiger partial charge on any atom is -0.479 e. The van der Waals surface area contributed by atoms with Crippen molar-refractivity contribution in [3.63, 3.8) is 0 Å². The highest BCUT2D eigenvalue weighted by Crippen LogP contribution is 2.36. The van der Waals surface area contributed by atoms with E-state index >= 15 is 0 Å². The highest BCUT2D eigenvalue weighted by atomic mass is 19.1. The zero-order valence-electron chi connectivity index (χ0n) is 14.1. The van der Waals surface area contributed by atoms with Crippen molar-refractivity contribution in [1.29, 1.82) is 0 Å². The van der Waals surface area contributed by atoms with Crippen LogP contribution in [-0.4, -0.2) is 24.5 Å². The zero-order chi connectivity index (χ0) is 18.0. The van der Waals surface area contributed by atoms with Crippen LogP contribution in [0.3, 0.4) is 0 Å². The summed E-state index contributed by atoms with van der Waals surface area (Å²) >= 11 is 0. The van der Waals surface area contributed by atoms with Crippen molar-refractivity contribution in [2.24, 2.45) is 0 Å². The van der Waals surface area contributed by atoms with E-state index in [9.17, 15) is 14.0 Å². The Morgan fingerprint density at radius 3 is 2.64 bits per heavy atom. The topological polar surface area (TPSA) is 58.6 Å². The zero-order valence-corrected chi connectivity index (χ0v) is 14.1. The van der Waals surface area contributed by atoms with Crippen molar-refractivity contribution < 1.29 is 18.7 Å². The molecule has 0 aliphatic carbocycles. The van der Waals surface area contributed by atoms with E-state index in [0.29, 0.717) is 29.2 Å². The first kappa shape index (κ1) is 17.0. The summed E-state index contributed by atoms with van der Waals surface area (Å²) in [5, 5.41) is 2.76. The summed E-state index contributed by atoms with van der Waals surface area (Å²) in [4.78, 5) is 26.2. The van der Waals surface area contributed by atoms with Gasteiger partial charge in [0.05, 0.1) is 5.69 Å². The third kappa shape index (κ3) is 3.47. The van der Waals surface area contributed by atoms with Gasteiger partial charge in [-0.25, -0.2) is 4.39 Å². The minimum atomic E-state index is -0.567. The molecule has 2 amide bonds. The molecule has 0 saturated heterocycles. The molecule has 5 nitrogen and oxygen atoms in total. The smallest absolute Gasteiger partial charge is 0.267 e. The summed E-state index contributed by atoms with van der Waals surface area (Å²) in [6.45, 7) is 4.32. The van der Waals surface area contributed by atoms with Gasteiger partial charge >= 0.3 is 0 Å². The van der Waals surface area contributed by atoms with E-state index in [2.05, 4.69) is 5.32 Å². The second kappa shape index (κ2) is 6.93. The van der Waals surface area contributed by atoms with Crippen LogP contribution in [0.25, 0.3) is 0 Å². The van der Waals surface area contributed by atoms with Crippen LogP contribution in [0.1, 0.15) is 30.6 Å². The van der Waals surface area contributed by atoms with Crippen LogP contribution < -0.4 is 15.0 Å². The van der Waals surface area contributed by atoms with E-state index in [1.165, 1.54) is 24.3 Å². The molecule has 1 heterocycles. The predicted molar refractivity (Wildman–Crippen MR) is 93.5 cm³/mol. The van der Waals surface area contributed by atoms with Gasteiger partial charge in [-0.2, -0.15) is 0 Å². The quantitative estimate of drug-likeness (QED) is 0.923. The molecule has 25 heavy (non-hydrogen) atoms. The Morgan fingerprint density at radius 2 is 1.96 bits per heavy atom. The maximum absolute atomic E-state index is 13.0. The summed E-state index contributed by atoms with van der Waals surface area (Å²) < 4.78 is 18.6. The number of halogens is 1. The number of hydrogen-bond acceptors (Lipinski definition) is 3. The maximum Gasteiger partial charge on any atom is 0.267 e. The molecule has 6 heteroatoms. The van der Waals surface area contributed by atoms with Gasteiger partial charge in [-0.05, 0) is 49.7 Å².